The number of halogens is 4. The number of anilines is 2. The summed E-state index contributed by atoms with van der Waals surface area (Å²) in [6.07, 6.45) is 0.352. The van der Waals surface area contributed by atoms with Gasteiger partial charge in [-0.2, -0.15) is 13.2 Å². The summed E-state index contributed by atoms with van der Waals surface area (Å²) in [5, 5.41) is 4.66. The first-order valence-corrected chi connectivity index (χ1v) is 17.3. The number of likely N-dealkylation sites (tertiary alicyclic amines) is 3. The van der Waals surface area contributed by atoms with Crippen molar-refractivity contribution < 1.29 is 27.6 Å². The number of amides is 4. The van der Waals surface area contributed by atoms with Gasteiger partial charge in [-0.1, -0.05) is 11.6 Å². The lowest BCUT2D eigenvalue weighted by Gasteiger charge is -2.40. The minimum atomic E-state index is -4.71. The minimum absolute atomic E-state index is 0.0219. The molecule has 4 amide bonds. The van der Waals surface area contributed by atoms with Gasteiger partial charge in [0.05, 0.1) is 34.4 Å². The van der Waals surface area contributed by atoms with Crippen LogP contribution in [0.4, 0.5) is 29.3 Å². The second-order valence-corrected chi connectivity index (χ2v) is 14.3. The molecule has 0 bridgehead atoms. The molecule has 3 fully saturated rings. The number of hydrogen-bond donors (Lipinski definition) is 2. The van der Waals surface area contributed by atoms with Crippen molar-refractivity contribution in [2.24, 2.45) is 5.92 Å². The average Bonchev–Trinajstić information content (AvgIpc) is 3.74. The molecule has 9 nitrogen and oxygen atoms in total. The number of carbonyl (C=O) groups excluding carboxylic acids is 3. The summed E-state index contributed by atoms with van der Waals surface area (Å²) in [6.45, 7) is 4.64. The van der Waals surface area contributed by atoms with E-state index in [1.807, 2.05) is 16.3 Å². The first kappa shape index (κ1) is 32.9. The van der Waals surface area contributed by atoms with Gasteiger partial charge in [-0.15, -0.1) is 11.3 Å². The van der Waals surface area contributed by atoms with Gasteiger partial charge in [0.1, 0.15) is 0 Å². The molecule has 0 unspecified atom stereocenters. The third-order valence-electron chi connectivity index (χ3n) is 10.0. The molecule has 4 aliphatic heterocycles. The van der Waals surface area contributed by atoms with E-state index >= 15 is 0 Å². The number of carbonyl (C=O) groups is 3. The van der Waals surface area contributed by atoms with Crippen LogP contribution in [0.2, 0.25) is 5.02 Å². The van der Waals surface area contributed by atoms with Crippen molar-refractivity contribution in [3.63, 3.8) is 0 Å². The Balaban J connectivity index is 1.13. The van der Waals surface area contributed by atoms with Crippen LogP contribution in [-0.2, 0) is 28.7 Å². The number of nitrogen functional groups attached to an aromatic ring is 1. The number of hydrogen-bond acceptors (Lipinski definition) is 6. The number of nitrogens with zero attached hydrogens (tertiary/aromatic N) is 4. The van der Waals surface area contributed by atoms with Crippen LogP contribution in [-0.4, -0.2) is 88.8 Å². The second-order valence-electron chi connectivity index (χ2n) is 12.9. The number of rotatable bonds is 7. The summed E-state index contributed by atoms with van der Waals surface area (Å²) in [5.74, 6) is -1.29. The highest BCUT2D eigenvalue weighted by Crippen LogP contribution is 2.39. The standard InChI is InChI=1S/C32H40ClF3N6O3S/c33-25-17-20(16-24(29(25)37)32(34,35)36)15-21(30(44)41-12-3-22(4-13-41)39-8-1-2-9-39)18-28(43)40-10-5-23(6-11-40)42-19-27-26(7-14-46-27)38-31(42)45/h7,14,16-17,21-23H,1-6,8-13,15,18-19,37H2,(H,38,45)/t21-/m0/s1. The number of thiophene rings is 1. The monoisotopic (exact) mass is 680 g/mol. The number of alkyl halides is 3. The predicted molar refractivity (Wildman–Crippen MR) is 172 cm³/mol. The molecule has 46 heavy (non-hydrogen) atoms. The smallest absolute Gasteiger partial charge is 0.397 e. The van der Waals surface area contributed by atoms with E-state index in [0.717, 1.165) is 42.6 Å². The van der Waals surface area contributed by atoms with Gasteiger partial charge in [0, 0.05) is 49.6 Å². The molecule has 0 saturated carbocycles. The number of fused-ring (bicyclic) bond motifs is 1. The summed E-state index contributed by atoms with van der Waals surface area (Å²) in [6, 6.07) is 4.46. The molecule has 2 aromatic rings. The van der Waals surface area contributed by atoms with Crippen LogP contribution in [0.15, 0.2) is 23.6 Å². The largest absolute Gasteiger partial charge is 0.418 e. The third-order valence-corrected chi connectivity index (χ3v) is 11.2. The van der Waals surface area contributed by atoms with Gasteiger partial charge < -0.3 is 30.7 Å². The van der Waals surface area contributed by atoms with Crippen LogP contribution >= 0.6 is 22.9 Å². The normalized spacial score (nSPS) is 21.0. The van der Waals surface area contributed by atoms with Gasteiger partial charge in [0.15, 0.2) is 0 Å². The lowest BCUT2D eigenvalue weighted by molar-refractivity contribution is -0.143. The van der Waals surface area contributed by atoms with Crippen LogP contribution in [0.3, 0.4) is 0 Å². The van der Waals surface area contributed by atoms with Crippen LogP contribution < -0.4 is 11.1 Å². The maximum Gasteiger partial charge on any atom is 0.418 e. The Morgan fingerprint density at radius 2 is 1.65 bits per heavy atom. The Labute approximate surface area is 275 Å². The number of nitrogens with two attached hydrogens (primary N) is 1. The third kappa shape index (κ3) is 7.11. The Morgan fingerprint density at radius 3 is 2.33 bits per heavy atom. The van der Waals surface area contributed by atoms with Crippen molar-refractivity contribution in [3.8, 4) is 0 Å². The molecule has 3 saturated heterocycles. The van der Waals surface area contributed by atoms with Crippen LogP contribution in [0.25, 0.3) is 0 Å². The Bertz CT molecular complexity index is 1450. The van der Waals surface area contributed by atoms with E-state index < -0.39 is 23.3 Å². The molecular formula is C32H40ClF3N6O3S. The second kappa shape index (κ2) is 13.6. The molecule has 3 N–H and O–H groups in total. The average molecular weight is 681 g/mol. The number of nitrogens with one attached hydrogen (secondary N) is 1. The number of piperidine rings is 2. The zero-order valence-corrected chi connectivity index (χ0v) is 27.2. The van der Waals surface area contributed by atoms with Gasteiger partial charge >= 0.3 is 12.2 Å². The van der Waals surface area contributed by atoms with E-state index in [0.29, 0.717) is 51.6 Å². The lowest BCUT2D eigenvalue weighted by Crippen LogP contribution is -2.51. The van der Waals surface area contributed by atoms with Gasteiger partial charge in [-0.3, -0.25) is 9.59 Å². The molecule has 0 spiro atoms. The summed E-state index contributed by atoms with van der Waals surface area (Å²) >= 11 is 7.72. The number of urea groups is 1. The molecular weight excluding hydrogens is 641 g/mol. The maximum absolute atomic E-state index is 14.0. The zero-order chi connectivity index (χ0) is 32.6. The molecule has 4 aliphatic rings. The Kier molecular flexibility index (Phi) is 9.73. The van der Waals surface area contributed by atoms with E-state index in [-0.39, 0.29) is 47.3 Å². The topological polar surface area (TPSA) is 102 Å². The van der Waals surface area contributed by atoms with E-state index in [4.69, 9.17) is 17.3 Å². The van der Waals surface area contributed by atoms with E-state index in [1.54, 1.807) is 21.1 Å². The Hall–Kier alpha value is -3.03. The summed E-state index contributed by atoms with van der Waals surface area (Å²) in [7, 11) is 0. The van der Waals surface area contributed by atoms with Gasteiger partial charge in [0.2, 0.25) is 11.8 Å². The fraction of sp³-hybridized carbons (Fsp3) is 0.594. The zero-order valence-electron chi connectivity index (χ0n) is 25.7. The maximum atomic E-state index is 14.0. The van der Waals surface area contributed by atoms with E-state index in [2.05, 4.69) is 10.2 Å². The highest BCUT2D eigenvalue weighted by atomic mass is 35.5. The van der Waals surface area contributed by atoms with Crippen LogP contribution in [0.5, 0.6) is 0 Å². The highest BCUT2D eigenvalue weighted by molar-refractivity contribution is 7.10. The molecule has 1 aromatic carbocycles. The molecule has 0 aliphatic carbocycles. The van der Waals surface area contributed by atoms with Crippen molar-refractivity contribution in [2.75, 3.05) is 50.3 Å². The molecule has 0 radical (unpaired) electrons. The summed E-state index contributed by atoms with van der Waals surface area (Å²) < 4.78 is 41.3. The van der Waals surface area contributed by atoms with Crippen molar-refractivity contribution in [1.29, 1.82) is 0 Å². The van der Waals surface area contributed by atoms with Crippen molar-refractivity contribution in [3.05, 3.63) is 44.6 Å². The van der Waals surface area contributed by atoms with Crippen molar-refractivity contribution >= 4 is 52.2 Å². The molecule has 1 aromatic heterocycles. The summed E-state index contributed by atoms with van der Waals surface area (Å²) in [5.41, 5.74) is 5.12. The van der Waals surface area contributed by atoms with Gasteiger partial charge in [-0.05, 0) is 87.2 Å². The SMILES string of the molecule is Nc1c(Cl)cc(C[C@@H](CC(=O)N2CCC(N3Cc4sccc4NC3=O)CC2)C(=O)N2CCC(N3CCCC3)CC2)cc1C(F)(F)F. The van der Waals surface area contributed by atoms with Crippen LogP contribution in [0, 0.1) is 5.92 Å². The predicted octanol–water partition coefficient (Wildman–Crippen LogP) is 5.68. The molecule has 5 heterocycles. The minimum Gasteiger partial charge on any atom is -0.397 e. The highest BCUT2D eigenvalue weighted by Gasteiger charge is 2.38. The quantitative estimate of drug-likeness (QED) is 0.367. The van der Waals surface area contributed by atoms with E-state index in [9.17, 15) is 27.6 Å². The van der Waals surface area contributed by atoms with Crippen molar-refractivity contribution in [1.82, 2.24) is 19.6 Å². The fourth-order valence-corrected chi connectivity index (χ4v) is 8.49. The van der Waals surface area contributed by atoms with Crippen LogP contribution in [0.1, 0.15) is 60.9 Å². The molecule has 250 valence electrons. The molecule has 1 atom stereocenters. The van der Waals surface area contributed by atoms with Gasteiger partial charge in [-0.25, -0.2) is 4.79 Å². The lowest BCUT2D eigenvalue weighted by atomic mass is 9.91. The molecule has 14 heteroatoms. The van der Waals surface area contributed by atoms with Gasteiger partial charge in [0.25, 0.3) is 0 Å². The Morgan fingerprint density at radius 1 is 1.00 bits per heavy atom. The number of benzene rings is 1. The molecule has 6 rings (SSSR count). The first-order valence-electron chi connectivity index (χ1n) is 16.1. The summed E-state index contributed by atoms with van der Waals surface area (Å²) in [4.78, 5) is 49.3. The van der Waals surface area contributed by atoms with E-state index in [1.165, 1.54) is 18.9 Å². The van der Waals surface area contributed by atoms with Crippen molar-refractivity contribution in [2.45, 2.75) is 76.2 Å². The fourth-order valence-electron chi connectivity index (χ4n) is 7.42. The first-order chi connectivity index (χ1) is 22.0.